The average Bonchev–Trinajstić information content (AvgIpc) is 2.78. The lowest BCUT2D eigenvalue weighted by Gasteiger charge is -2.01. The average molecular weight is 252 g/mol. The number of aromatic nitrogens is 3. The van der Waals surface area contributed by atoms with Gasteiger partial charge in [0.05, 0.1) is 11.9 Å². The molecule has 0 unspecified atom stereocenters. The zero-order valence-electron chi connectivity index (χ0n) is 10.0. The summed E-state index contributed by atoms with van der Waals surface area (Å²) < 4.78 is 27.6. The molecular formula is C12H14F2N4. The maximum absolute atomic E-state index is 13.5. The van der Waals surface area contributed by atoms with Crippen molar-refractivity contribution < 1.29 is 8.78 Å². The fraction of sp³-hybridized carbons (Fsp3) is 0.333. The third kappa shape index (κ3) is 2.89. The summed E-state index contributed by atoms with van der Waals surface area (Å²) in [5, 5.41) is 10.9. The molecule has 0 saturated heterocycles. The van der Waals surface area contributed by atoms with Crippen LogP contribution in [0.15, 0.2) is 24.4 Å². The summed E-state index contributed by atoms with van der Waals surface area (Å²) in [6, 6.07) is 3.35. The van der Waals surface area contributed by atoms with Crippen LogP contribution in [0.5, 0.6) is 0 Å². The van der Waals surface area contributed by atoms with E-state index in [0.717, 1.165) is 19.0 Å². The molecule has 0 radical (unpaired) electrons. The van der Waals surface area contributed by atoms with Gasteiger partial charge >= 0.3 is 0 Å². The summed E-state index contributed by atoms with van der Waals surface area (Å²) >= 11 is 0. The third-order valence-electron chi connectivity index (χ3n) is 2.43. The Labute approximate surface area is 104 Å². The first-order valence-corrected chi connectivity index (χ1v) is 5.78. The van der Waals surface area contributed by atoms with E-state index in [9.17, 15) is 8.78 Å². The van der Waals surface area contributed by atoms with Crippen molar-refractivity contribution >= 4 is 0 Å². The Hall–Kier alpha value is -1.82. The van der Waals surface area contributed by atoms with Gasteiger partial charge in [-0.1, -0.05) is 12.1 Å². The number of halogens is 2. The number of benzene rings is 1. The Morgan fingerprint density at radius 3 is 2.89 bits per heavy atom. The van der Waals surface area contributed by atoms with Crippen molar-refractivity contribution in [2.24, 2.45) is 0 Å². The van der Waals surface area contributed by atoms with E-state index in [0.29, 0.717) is 12.2 Å². The van der Waals surface area contributed by atoms with Crippen LogP contribution in [0.2, 0.25) is 0 Å². The highest BCUT2D eigenvalue weighted by Crippen LogP contribution is 2.13. The van der Waals surface area contributed by atoms with Gasteiger partial charge < -0.3 is 5.32 Å². The van der Waals surface area contributed by atoms with E-state index in [-0.39, 0.29) is 5.69 Å². The topological polar surface area (TPSA) is 42.7 Å². The van der Waals surface area contributed by atoms with E-state index in [4.69, 9.17) is 0 Å². The number of rotatable bonds is 5. The van der Waals surface area contributed by atoms with Gasteiger partial charge in [-0.05, 0) is 25.1 Å². The van der Waals surface area contributed by atoms with Crippen LogP contribution in [-0.4, -0.2) is 21.5 Å². The van der Waals surface area contributed by atoms with E-state index in [1.54, 1.807) is 6.20 Å². The van der Waals surface area contributed by atoms with E-state index in [2.05, 4.69) is 22.6 Å². The van der Waals surface area contributed by atoms with Crippen molar-refractivity contribution in [2.45, 2.75) is 19.9 Å². The minimum Gasteiger partial charge on any atom is -0.311 e. The Morgan fingerprint density at radius 2 is 2.17 bits per heavy atom. The van der Waals surface area contributed by atoms with E-state index in [1.807, 2.05) is 0 Å². The quantitative estimate of drug-likeness (QED) is 0.828. The normalized spacial score (nSPS) is 10.8. The monoisotopic (exact) mass is 252 g/mol. The van der Waals surface area contributed by atoms with Crippen LogP contribution in [0.3, 0.4) is 0 Å². The number of nitrogens with one attached hydrogen (secondary N) is 1. The molecule has 1 N–H and O–H groups in total. The minimum absolute atomic E-state index is 0.186. The first kappa shape index (κ1) is 12.6. The highest BCUT2D eigenvalue weighted by atomic mass is 19.1. The Balaban J connectivity index is 2.13. The fourth-order valence-electron chi connectivity index (χ4n) is 1.56. The van der Waals surface area contributed by atoms with Crippen LogP contribution in [0.4, 0.5) is 8.78 Å². The molecule has 0 aliphatic carbocycles. The van der Waals surface area contributed by atoms with Crippen LogP contribution >= 0.6 is 0 Å². The van der Waals surface area contributed by atoms with Crippen molar-refractivity contribution in [1.82, 2.24) is 20.3 Å². The molecule has 0 saturated carbocycles. The molecule has 0 amide bonds. The summed E-state index contributed by atoms with van der Waals surface area (Å²) in [5.41, 5.74) is 0.901. The summed E-state index contributed by atoms with van der Waals surface area (Å²) in [6.07, 6.45) is 2.65. The van der Waals surface area contributed by atoms with Gasteiger partial charge in [0.1, 0.15) is 11.5 Å². The van der Waals surface area contributed by atoms with Crippen molar-refractivity contribution in [1.29, 1.82) is 0 Å². The minimum atomic E-state index is -0.659. The molecule has 2 aromatic rings. The van der Waals surface area contributed by atoms with Crippen LogP contribution in [0.1, 0.15) is 19.0 Å². The lowest BCUT2D eigenvalue weighted by Crippen LogP contribution is -2.13. The van der Waals surface area contributed by atoms with Gasteiger partial charge in [0.25, 0.3) is 0 Å². The third-order valence-corrected chi connectivity index (χ3v) is 2.43. The Morgan fingerprint density at radius 1 is 1.33 bits per heavy atom. The van der Waals surface area contributed by atoms with Gasteiger partial charge in [0, 0.05) is 12.6 Å². The lowest BCUT2D eigenvalue weighted by atomic mass is 10.3. The number of nitrogens with zero attached hydrogens (tertiary/aromatic N) is 3. The molecule has 6 heteroatoms. The molecule has 0 atom stereocenters. The van der Waals surface area contributed by atoms with Gasteiger partial charge in [-0.25, -0.2) is 13.5 Å². The maximum atomic E-state index is 13.5. The lowest BCUT2D eigenvalue weighted by molar-refractivity contribution is 0.572. The van der Waals surface area contributed by atoms with Crippen LogP contribution in [-0.2, 0) is 6.54 Å². The second kappa shape index (κ2) is 5.68. The van der Waals surface area contributed by atoms with Gasteiger partial charge in [-0.3, -0.25) is 0 Å². The molecule has 1 aromatic carbocycles. The Kier molecular flexibility index (Phi) is 3.99. The predicted molar refractivity (Wildman–Crippen MR) is 63.3 cm³/mol. The molecule has 0 aliphatic heterocycles. The summed E-state index contributed by atoms with van der Waals surface area (Å²) in [7, 11) is 0. The van der Waals surface area contributed by atoms with E-state index in [1.165, 1.54) is 16.8 Å². The molecule has 96 valence electrons. The smallest absolute Gasteiger partial charge is 0.151 e. The summed E-state index contributed by atoms with van der Waals surface area (Å²) in [4.78, 5) is 0. The number of hydrogen-bond acceptors (Lipinski definition) is 3. The van der Waals surface area contributed by atoms with Crippen LogP contribution < -0.4 is 5.32 Å². The molecule has 2 rings (SSSR count). The van der Waals surface area contributed by atoms with Crippen molar-refractivity contribution in [3.8, 4) is 5.69 Å². The molecule has 0 bridgehead atoms. The van der Waals surface area contributed by atoms with Crippen LogP contribution in [0.25, 0.3) is 5.69 Å². The zero-order chi connectivity index (χ0) is 13.0. The van der Waals surface area contributed by atoms with Crippen molar-refractivity contribution in [3.63, 3.8) is 0 Å². The van der Waals surface area contributed by atoms with Gasteiger partial charge in [0.15, 0.2) is 5.82 Å². The predicted octanol–water partition coefficient (Wildman–Crippen LogP) is 2.05. The van der Waals surface area contributed by atoms with Crippen molar-refractivity contribution in [3.05, 3.63) is 41.7 Å². The molecule has 1 aromatic heterocycles. The summed E-state index contributed by atoms with van der Waals surface area (Å²) in [5.74, 6) is -1.27. The molecule has 0 fully saturated rings. The summed E-state index contributed by atoms with van der Waals surface area (Å²) in [6.45, 7) is 3.53. The van der Waals surface area contributed by atoms with Crippen molar-refractivity contribution in [2.75, 3.05) is 6.54 Å². The largest absolute Gasteiger partial charge is 0.311 e. The fourth-order valence-corrected chi connectivity index (χ4v) is 1.56. The maximum Gasteiger partial charge on any atom is 0.151 e. The van der Waals surface area contributed by atoms with E-state index < -0.39 is 11.6 Å². The van der Waals surface area contributed by atoms with E-state index >= 15 is 0 Å². The standard InChI is InChI=1S/C12H14F2N4/c1-2-5-15-7-10-8-18(17-16-10)12-4-3-9(13)6-11(12)14/h3-4,6,8,15H,2,5,7H2,1H3. The zero-order valence-corrected chi connectivity index (χ0v) is 10.0. The molecule has 1 heterocycles. The van der Waals surface area contributed by atoms with Gasteiger partial charge in [0.2, 0.25) is 0 Å². The van der Waals surface area contributed by atoms with Crippen LogP contribution in [0, 0.1) is 11.6 Å². The Bertz CT molecular complexity index is 525. The molecular weight excluding hydrogens is 238 g/mol. The van der Waals surface area contributed by atoms with Gasteiger partial charge in [-0.15, -0.1) is 5.10 Å². The van der Waals surface area contributed by atoms with Gasteiger partial charge in [-0.2, -0.15) is 0 Å². The highest BCUT2D eigenvalue weighted by molar-refractivity contribution is 5.32. The first-order chi connectivity index (χ1) is 8.70. The second-order valence-electron chi connectivity index (χ2n) is 3.93. The molecule has 0 spiro atoms. The second-order valence-corrected chi connectivity index (χ2v) is 3.93. The molecule has 0 aliphatic rings. The highest BCUT2D eigenvalue weighted by Gasteiger charge is 2.08. The molecule has 4 nitrogen and oxygen atoms in total. The number of hydrogen-bond donors (Lipinski definition) is 1. The molecule has 18 heavy (non-hydrogen) atoms. The SMILES string of the molecule is CCCNCc1cn(-c2ccc(F)cc2F)nn1. The first-order valence-electron chi connectivity index (χ1n) is 5.78.